The SMILES string of the molecule is CCN(C(=O)CCOC)c1ccccc1N. The maximum Gasteiger partial charge on any atom is 0.229 e. The summed E-state index contributed by atoms with van der Waals surface area (Å²) in [6.07, 6.45) is 0.374. The predicted octanol–water partition coefficient (Wildman–Crippen LogP) is 1.66. The molecular weight excluding hydrogens is 204 g/mol. The lowest BCUT2D eigenvalue weighted by Crippen LogP contribution is -2.31. The number of anilines is 2. The maximum absolute atomic E-state index is 11.9. The average Bonchev–Trinajstić information content (AvgIpc) is 2.30. The van der Waals surface area contributed by atoms with Crippen LogP contribution < -0.4 is 10.6 Å². The number of hydrogen-bond acceptors (Lipinski definition) is 3. The Morgan fingerprint density at radius 2 is 2.12 bits per heavy atom. The highest BCUT2D eigenvalue weighted by molar-refractivity contribution is 5.96. The second-order valence-corrected chi connectivity index (χ2v) is 3.44. The van der Waals surface area contributed by atoms with E-state index in [4.69, 9.17) is 10.5 Å². The number of carbonyl (C=O) groups excluding carboxylic acids is 1. The van der Waals surface area contributed by atoms with Crippen molar-refractivity contribution in [3.8, 4) is 0 Å². The third kappa shape index (κ3) is 2.97. The van der Waals surface area contributed by atoms with E-state index in [1.165, 1.54) is 0 Å². The van der Waals surface area contributed by atoms with Crippen LogP contribution in [0.4, 0.5) is 11.4 Å². The number of nitrogen functional groups attached to an aromatic ring is 1. The molecule has 0 aliphatic carbocycles. The minimum atomic E-state index is 0.0299. The molecule has 1 amide bonds. The minimum Gasteiger partial charge on any atom is -0.397 e. The zero-order chi connectivity index (χ0) is 12.0. The third-order valence-electron chi connectivity index (χ3n) is 2.36. The van der Waals surface area contributed by atoms with Gasteiger partial charge in [0, 0.05) is 13.7 Å². The molecule has 0 aliphatic rings. The Balaban J connectivity index is 2.82. The summed E-state index contributed by atoms with van der Waals surface area (Å²) in [6.45, 7) is 2.97. The summed E-state index contributed by atoms with van der Waals surface area (Å²) in [4.78, 5) is 13.6. The van der Waals surface area contributed by atoms with Crippen LogP contribution in [-0.4, -0.2) is 26.2 Å². The van der Waals surface area contributed by atoms with E-state index in [-0.39, 0.29) is 5.91 Å². The molecule has 4 nitrogen and oxygen atoms in total. The number of hydrogen-bond donors (Lipinski definition) is 1. The molecule has 0 unspecified atom stereocenters. The van der Waals surface area contributed by atoms with E-state index in [9.17, 15) is 4.79 Å². The number of nitrogens with two attached hydrogens (primary N) is 1. The average molecular weight is 222 g/mol. The molecule has 0 aliphatic heterocycles. The van der Waals surface area contributed by atoms with Gasteiger partial charge in [-0.05, 0) is 19.1 Å². The van der Waals surface area contributed by atoms with Crippen LogP contribution in [0.2, 0.25) is 0 Å². The molecule has 0 heterocycles. The van der Waals surface area contributed by atoms with E-state index in [0.29, 0.717) is 25.3 Å². The van der Waals surface area contributed by atoms with Gasteiger partial charge in [-0.15, -0.1) is 0 Å². The number of amides is 1. The highest BCUT2D eigenvalue weighted by Gasteiger charge is 2.15. The number of carbonyl (C=O) groups is 1. The maximum atomic E-state index is 11.9. The second-order valence-electron chi connectivity index (χ2n) is 3.44. The molecule has 1 aromatic rings. The highest BCUT2D eigenvalue weighted by atomic mass is 16.5. The molecule has 1 rings (SSSR count). The summed E-state index contributed by atoms with van der Waals surface area (Å²) in [5.74, 6) is 0.0299. The normalized spacial score (nSPS) is 10.1. The molecule has 4 heteroatoms. The number of ether oxygens (including phenoxy) is 1. The smallest absolute Gasteiger partial charge is 0.229 e. The van der Waals surface area contributed by atoms with E-state index >= 15 is 0 Å². The standard InChI is InChI=1S/C12H18N2O2/c1-3-14(12(15)8-9-16-2)11-7-5-4-6-10(11)13/h4-7H,3,8-9,13H2,1-2H3. The zero-order valence-electron chi connectivity index (χ0n) is 9.77. The fourth-order valence-electron chi connectivity index (χ4n) is 1.54. The molecule has 0 bridgehead atoms. The molecule has 0 saturated carbocycles. The molecule has 0 spiro atoms. The minimum absolute atomic E-state index is 0.0299. The van der Waals surface area contributed by atoms with Crippen molar-refractivity contribution in [3.63, 3.8) is 0 Å². The number of nitrogens with zero attached hydrogens (tertiary/aromatic N) is 1. The van der Waals surface area contributed by atoms with Crippen molar-refractivity contribution in [2.75, 3.05) is 30.9 Å². The van der Waals surface area contributed by atoms with Crippen LogP contribution in [0.1, 0.15) is 13.3 Å². The second kappa shape index (κ2) is 6.12. The number of methoxy groups -OCH3 is 1. The van der Waals surface area contributed by atoms with Crippen LogP contribution in [0.3, 0.4) is 0 Å². The van der Waals surface area contributed by atoms with Gasteiger partial charge in [-0.2, -0.15) is 0 Å². The molecule has 16 heavy (non-hydrogen) atoms. The van der Waals surface area contributed by atoms with Crippen LogP contribution in [0.5, 0.6) is 0 Å². The molecule has 1 aromatic carbocycles. The Kier molecular flexibility index (Phi) is 4.79. The van der Waals surface area contributed by atoms with Crippen molar-refractivity contribution in [2.45, 2.75) is 13.3 Å². The van der Waals surface area contributed by atoms with E-state index in [2.05, 4.69) is 0 Å². The summed E-state index contributed by atoms with van der Waals surface area (Å²) in [7, 11) is 1.58. The monoisotopic (exact) mass is 222 g/mol. The lowest BCUT2D eigenvalue weighted by molar-refractivity contribution is -0.119. The first-order valence-electron chi connectivity index (χ1n) is 5.34. The van der Waals surface area contributed by atoms with Gasteiger partial charge < -0.3 is 15.4 Å². The van der Waals surface area contributed by atoms with Gasteiger partial charge in [-0.25, -0.2) is 0 Å². The number of benzene rings is 1. The number of rotatable bonds is 5. The van der Waals surface area contributed by atoms with Gasteiger partial charge in [0.1, 0.15) is 0 Å². The van der Waals surface area contributed by atoms with E-state index < -0.39 is 0 Å². The Morgan fingerprint density at radius 1 is 1.44 bits per heavy atom. The summed E-state index contributed by atoms with van der Waals surface area (Å²) >= 11 is 0. The fourth-order valence-corrected chi connectivity index (χ4v) is 1.54. The van der Waals surface area contributed by atoms with Crippen molar-refractivity contribution in [3.05, 3.63) is 24.3 Å². The van der Waals surface area contributed by atoms with Gasteiger partial charge in [-0.3, -0.25) is 4.79 Å². The molecular formula is C12H18N2O2. The van der Waals surface area contributed by atoms with Gasteiger partial charge in [-0.1, -0.05) is 12.1 Å². The molecule has 0 atom stereocenters. The molecule has 0 aromatic heterocycles. The van der Waals surface area contributed by atoms with Crippen molar-refractivity contribution in [2.24, 2.45) is 0 Å². The van der Waals surface area contributed by atoms with Crippen LogP contribution in [0, 0.1) is 0 Å². The fraction of sp³-hybridized carbons (Fsp3) is 0.417. The zero-order valence-corrected chi connectivity index (χ0v) is 9.77. The van der Waals surface area contributed by atoms with Crippen molar-refractivity contribution >= 4 is 17.3 Å². The van der Waals surface area contributed by atoms with Crippen LogP contribution in [0.25, 0.3) is 0 Å². The van der Waals surface area contributed by atoms with Gasteiger partial charge in [0.15, 0.2) is 0 Å². The molecule has 0 radical (unpaired) electrons. The first-order chi connectivity index (χ1) is 7.70. The third-order valence-corrected chi connectivity index (χ3v) is 2.36. The highest BCUT2D eigenvalue weighted by Crippen LogP contribution is 2.22. The van der Waals surface area contributed by atoms with E-state index in [0.717, 1.165) is 5.69 Å². The molecule has 2 N–H and O–H groups in total. The Bertz CT molecular complexity index is 353. The molecule has 0 fully saturated rings. The lowest BCUT2D eigenvalue weighted by atomic mass is 10.2. The largest absolute Gasteiger partial charge is 0.397 e. The Labute approximate surface area is 96.0 Å². The topological polar surface area (TPSA) is 55.6 Å². The van der Waals surface area contributed by atoms with Crippen molar-refractivity contribution < 1.29 is 9.53 Å². The van der Waals surface area contributed by atoms with Crippen molar-refractivity contribution in [1.29, 1.82) is 0 Å². The van der Waals surface area contributed by atoms with Gasteiger partial charge >= 0.3 is 0 Å². The summed E-state index contributed by atoms with van der Waals surface area (Å²) in [5.41, 5.74) is 7.23. The predicted molar refractivity (Wildman–Crippen MR) is 65.4 cm³/mol. The van der Waals surface area contributed by atoms with Crippen LogP contribution in [0.15, 0.2) is 24.3 Å². The summed E-state index contributed by atoms with van der Waals surface area (Å²) in [6, 6.07) is 7.37. The van der Waals surface area contributed by atoms with Crippen LogP contribution >= 0.6 is 0 Å². The lowest BCUT2D eigenvalue weighted by Gasteiger charge is -2.22. The van der Waals surface area contributed by atoms with E-state index in [1.54, 1.807) is 18.1 Å². The molecule has 88 valence electrons. The first-order valence-corrected chi connectivity index (χ1v) is 5.34. The van der Waals surface area contributed by atoms with E-state index in [1.807, 2.05) is 25.1 Å². The molecule has 0 saturated heterocycles. The number of para-hydroxylation sites is 2. The van der Waals surface area contributed by atoms with Gasteiger partial charge in [0.25, 0.3) is 0 Å². The summed E-state index contributed by atoms with van der Waals surface area (Å²) in [5, 5.41) is 0. The Hall–Kier alpha value is -1.55. The van der Waals surface area contributed by atoms with Crippen molar-refractivity contribution in [1.82, 2.24) is 0 Å². The van der Waals surface area contributed by atoms with Crippen LogP contribution in [-0.2, 0) is 9.53 Å². The first kappa shape index (κ1) is 12.5. The van der Waals surface area contributed by atoms with Gasteiger partial charge in [0.05, 0.1) is 24.4 Å². The quantitative estimate of drug-likeness (QED) is 0.771. The van der Waals surface area contributed by atoms with Gasteiger partial charge in [0.2, 0.25) is 5.91 Å². The summed E-state index contributed by atoms with van der Waals surface area (Å²) < 4.78 is 4.89. The Morgan fingerprint density at radius 3 is 2.69 bits per heavy atom.